The van der Waals surface area contributed by atoms with Crippen molar-refractivity contribution in [1.82, 2.24) is 15.1 Å². The highest BCUT2D eigenvalue weighted by atomic mass is 35.5. The summed E-state index contributed by atoms with van der Waals surface area (Å²) in [6, 6.07) is 3.76. The van der Waals surface area contributed by atoms with E-state index < -0.39 is 0 Å². The van der Waals surface area contributed by atoms with E-state index in [0.29, 0.717) is 25.9 Å². The van der Waals surface area contributed by atoms with E-state index in [0.717, 1.165) is 55.0 Å². The lowest BCUT2D eigenvalue weighted by molar-refractivity contribution is -0.138. The standard InChI is InChI=1S/C18H26ClN3O3S/c19-16-4-3-15(26-16)12-20-18(24)14-2-5-17(23)22(13-14)7-1-6-21-8-10-25-11-9-21/h3-4,14H,1-2,5-13H2,(H,20,24)/t14-/m0/s1. The Morgan fingerprint density at radius 1 is 1.31 bits per heavy atom. The number of carbonyl (C=O) groups excluding carboxylic acids is 2. The molecule has 8 heteroatoms. The molecule has 0 bridgehead atoms. The number of nitrogens with zero attached hydrogens (tertiary/aromatic N) is 2. The second-order valence-electron chi connectivity index (χ2n) is 6.81. The molecule has 144 valence electrons. The Morgan fingerprint density at radius 2 is 2.12 bits per heavy atom. The molecule has 3 rings (SSSR count). The van der Waals surface area contributed by atoms with Gasteiger partial charge in [0.05, 0.1) is 30.0 Å². The lowest BCUT2D eigenvalue weighted by atomic mass is 9.96. The highest BCUT2D eigenvalue weighted by Crippen LogP contribution is 2.22. The molecular weight excluding hydrogens is 374 g/mol. The van der Waals surface area contributed by atoms with E-state index in [2.05, 4.69) is 10.2 Å². The maximum atomic E-state index is 12.5. The van der Waals surface area contributed by atoms with Gasteiger partial charge in [-0.15, -0.1) is 11.3 Å². The number of hydrogen-bond acceptors (Lipinski definition) is 5. The number of hydrogen-bond donors (Lipinski definition) is 1. The highest BCUT2D eigenvalue weighted by molar-refractivity contribution is 7.16. The number of morpholine rings is 1. The van der Waals surface area contributed by atoms with Gasteiger partial charge in [0, 0.05) is 44.0 Å². The molecule has 1 aromatic heterocycles. The van der Waals surface area contributed by atoms with Crippen LogP contribution in [-0.4, -0.2) is 67.6 Å². The first-order valence-electron chi connectivity index (χ1n) is 9.21. The van der Waals surface area contributed by atoms with Crippen molar-refractivity contribution in [2.75, 3.05) is 45.9 Å². The summed E-state index contributed by atoms with van der Waals surface area (Å²) >= 11 is 7.39. The van der Waals surface area contributed by atoms with E-state index in [1.807, 2.05) is 17.0 Å². The molecule has 0 aromatic carbocycles. The quantitative estimate of drug-likeness (QED) is 0.761. The third-order valence-corrected chi connectivity index (χ3v) is 6.17. The number of piperidine rings is 1. The summed E-state index contributed by atoms with van der Waals surface area (Å²) in [5.74, 6) is 0.0767. The van der Waals surface area contributed by atoms with Crippen LogP contribution < -0.4 is 5.32 Å². The van der Waals surface area contributed by atoms with Gasteiger partial charge in [-0.3, -0.25) is 14.5 Å². The van der Waals surface area contributed by atoms with Gasteiger partial charge < -0.3 is 15.0 Å². The van der Waals surface area contributed by atoms with Crippen molar-refractivity contribution in [3.8, 4) is 0 Å². The Bertz CT molecular complexity index is 619. The third kappa shape index (κ3) is 5.67. The van der Waals surface area contributed by atoms with Gasteiger partial charge in [-0.1, -0.05) is 11.6 Å². The van der Waals surface area contributed by atoms with Crippen LogP contribution >= 0.6 is 22.9 Å². The first kappa shape index (κ1) is 19.6. The Kier molecular flexibility index (Phi) is 7.31. The first-order valence-corrected chi connectivity index (χ1v) is 10.4. The van der Waals surface area contributed by atoms with Crippen LogP contribution in [-0.2, 0) is 20.9 Å². The minimum Gasteiger partial charge on any atom is -0.379 e. The molecule has 2 fully saturated rings. The maximum Gasteiger partial charge on any atom is 0.225 e. The first-order chi connectivity index (χ1) is 12.6. The van der Waals surface area contributed by atoms with E-state index in [1.165, 1.54) is 11.3 Å². The normalized spacial score (nSPS) is 21.8. The van der Waals surface area contributed by atoms with Crippen molar-refractivity contribution in [3.05, 3.63) is 21.3 Å². The fraction of sp³-hybridized carbons (Fsp3) is 0.667. The van der Waals surface area contributed by atoms with Gasteiger partial charge in [-0.05, 0) is 25.0 Å². The summed E-state index contributed by atoms with van der Waals surface area (Å²) in [7, 11) is 0. The van der Waals surface area contributed by atoms with E-state index in [1.54, 1.807) is 0 Å². The van der Waals surface area contributed by atoms with Crippen LogP contribution in [0, 0.1) is 5.92 Å². The topological polar surface area (TPSA) is 61.9 Å². The molecule has 0 aliphatic carbocycles. The van der Waals surface area contributed by atoms with E-state index in [-0.39, 0.29) is 17.7 Å². The summed E-state index contributed by atoms with van der Waals surface area (Å²) < 4.78 is 6.08. The summed E-state index contributed by atoms with van der Waals surface area (Å²) in [6.45, 7) is 6.23. The molecule has 1 aromatic rings. The SMILES string of the molecule is O=C(NCc1ccc(Cl)s1)[C@H]1CCC(=O)N(CCCN2CCOCC2)C1. The van der Waals surface area contributed by atoms with Crippen molar-refractivity contribution in [3.63, 3.8) is 0 Å². The number of nitrogens with one attached hydrogen (secondary N) is 1. The monoisotopic (exact) mass is 399 g/mol. The second-order valence-corrected chi connectivity index (χ2v) is 8.61. The van der Waals surface area contributed by atoms with E-state index in [9.17, 15) is 9.59 Å². The Balaban J connectivity index is 1.41. The zero-order valence-corrected chi connectivity index (χ0v) is 16.5. The van der Waals surface area contributed by atoms with Crippen LogP contribution in [0.5, 0.6) is 0 Å². The minimum absolute atomic E-state index is 0.0280. The summed E-state index contributed by atoms with van der Waals surface area (Å²) in [5, 5.41) is 2.98. The molecule has 1 atom stereocenters. The van der Waals surface area contributed by atoms with Crippen LogP contribution in [0.25, 0.3) is 0 Å². The molecule has 1 N–H and O–H groups in total. The fourth-order valence-electron chi connectivity index (χ4n) is 3.42. The molecule has 26 heavy (non-hydrogen) atoms. The van der Waals surface area contributed by atoms with Crippen molar-refractivity contribution in [1.29, 1.82) is 0 Å². The van der Waals surface area contributed by atoms with Gasteiger partial charge in [0.15, 0.2) is 0 Å². The molecule has 2 aliphatic heterocycles. The highest BCUT2D eigenvalue weighted by Gasteiger charge is 2.30. The smallest absolute Gasteiger partial charge is 0.225 e. The number of carbonyl (C=O) groups is 2. The molecule has 2 aliphatic rings. The minimum atomic E-state index is -0.119. The van der Waals surface area contributed by atoms with Gasteiger partial charge in [0.1, 0.15) is 0 Å². The van der Waals surface area contributed by atoms with Crippen molar-refractivity contribution >= 4 is 34.8 Å². The average Bonchev–Trinajstić information content (AvgIpc) is 3.07. The van der Waals surface area contributed by atoms with Crippen LogP contribution in [0.2, 0.25) is 4.34 Å². The maximum absolute atomic E-state index is 12.5. The predicted molar refractivity (Wildman–Crippen MR) is 102 cm³/mol. The largest absolute Gasteiger partial charge is 0.379 e. The second kappa shape index (κ2) is 9.69. The van der Waals surface area contributed by atoms with Crippen LogP contribution in [0.4, 0.5) is 0 Å². The predicted octanol–water partition coefficient (Wildman–Crippen LogP) is 1.98. The molecular formula is C18H26ClN3O3S. The molecule has 0 spiro atoms. The number of amides is 2. The third-order valence-electron chi connectivity index (χ3n) is 4.94. The van der Waals surface area contributed by atoms with Crippen LogP contribution in [0.1, 0.15) is 24.1 Å². The molecule has 3 heterocycles. The summed E-state index contributed by atoms with van der Waals surface area (Å²) in [5.41, 5.74) is 0. The van der Waals surface area contributed by atoms with Gasteiger partial charge in [-0.2, -0.15) is 0 Å². The Labute approximate surface area is 163 Å². The van der Waals surface area contributed by atoms with E-state index >= 15 is 0 Å². The van der Waals surface area contributed by atoms with Crippen molar-refractivity contribution in [2.24, 2.45) is 5.92 Å². The lowest BCUT2D eigenvalue weighted by Crippen LogP contribution is -2.46. The Hall–Kier alpha value is -1.15. The molecule has 2 amide bonds. The number of halogens is 1. The van der Waals surface area contributed by atoms with Crippen LogP contribution in [0.3, 0.4) is 0 Å². The lowest BCUT2D eigenvalue weighted by Gasteiger charge is -2.33. The zero-order chi connectivity index (χ0) is 18.4. The molecule has 6 nitrogen and oxygen atoms in total. The number of thiophene rings is 1. The Morgan fingerprint density at radius 3 is 2.85 bits per heavy atom. The van der Waals surface area contributed by atoms with Gasteiger partial charge >= 0.3 is 0 Å². The fourth-order valence-corrected chi connectivity index (χ4v) is 4.45. The summed E-state index contributed by atoms with van der Waals surface area (Å²) in [6.07, 6.45) is 2.03. The van der Waals surface area contributed by atoms with Crippen LogP contribution in [0.15, 0.2) is 12.1 Å². The number of rotatable bonds is 7. The van der Waals surface area contributed by atoms with Gasteiger partial charge in [0.25, 0.3) is 0 Å². The zero-order valence-electron chi connectivity index (χ0n) is 14.9. The number of likely N-dealkylation sites (tertiary alicyclic amines) is 1. The van der Waals surface area contributed by atoms with Gasteiger partial charge in [-0.25, -0.2) is 0 Å². The number of ether oxygens (including phenoxy) is 1. The average molecular weight is 400 g/mol. The van der Waals surface area contributed by atoms with E-state index in [4.69, 9.17) is 16.3 Å². The van der Waals surface area contributed by atoms with Crippen molar-refractivity contribution in [2.45, 2.75) is 25.8 Å². The molecule has 0 radical (unpaired) electrons. The molecule has 0 saturated carbocycles. The molecule has 2 saturated heterocycles. The van der Waals surface area contributed by atoms with Gasteiger partial charge in [0.2, 0.25) is 11.8 Å². The summed E-state index contributed by atoms with van der Waals surface area (Å²) in [4.78, 5) is 29.9. The van der Waals surface area contributed by atoms with Crippen molar-refractivity contribution < 1.29 is 14.3 Å². The molecule has 0 unspecified atom stereocenters.